The largest absolute Gasteiger partial charge is 0.494 e. The van der Waals surface area contributed by atoms with Crippen LogP contribution in [0.15, 0.2) is 24.3 Å². The highest BCUT2D eigenvalue weighted by molar-refractivity contribution is 5.89. The maximum Gasteiger partial charge on any atom is 0.373 e. The van der Waals surface area contributed by atoms with Crippen molar-refractivity contribution in [1.29, 1.82) is 0 Å². The van der Waals surface area contributed by atoms with Crippen molar-refractivity contribution in [2.45, 2.75) is 71.1 Å². The highest BCUT2D eigenvalue weighted by Gasteiger charge is 2.08. The molecule has 4 nitrogen and oxygen atoms in total. The van der Waals surface area contributed by atoms with Crippen LogP contribution in [0.4, 0.5) is 0 Å². The van der Waals surface area contributed by atoms with Crippen molar-refractivity contribution in [3.63, 3.8) is 0 Å². The number of hydrogen-bond donors (Lipinski definition) is 0. The van der Waals surface area contributed by atoms with Crippen LogP contribution in [0.1, 0.15) is 81.5 Å². The van der Waals surface area contributed by atoms with Crippen LogP contribution < -0.4 is 4.74 Å². The van der Waals surface area contributed by atoms with Gasteiger partial charge in [0, 0.05) is 0 Å². The molecule has 4 heteroatoms. The molecule has 0 fully saturated rings. The van der Waals surface area contributed by atoms with Crippen molar-refractivity contribution in [2.24, 2.45) is 0 Å². The highest BCUT2D eigenvalue weighted by Crippen LogP contribution is 2.14. The van der Waals surface area contributed by atoms with Crippen molar-refractivity contribution < 1.29 is 19.3 Å². The average Bonchev–Trinajstić information content (AvgIpc) is 2.64. The fourth-order valence-corrected chi connectivity index (χ4v) is 2.39. The fourth-order valence-electron chi connectivity index (χ4n) is 2.39. The first-order valence-electron chi connectivity index (χ1n) is 9.63. The first-order valence-corrected chi connectivity index (χ1v) is 9.63. The molecule has 0 aromatic heterocycles. The monoisotopic (exact) mass is 349 g/mol. The van der Waals surface area contributed by atoms with Crippen molar-refractivity contribution in [1.82, 2.24) is 0 Å². The Bertz CT molecular complexity index is 442. The van der Waals surface area contributed by atoms with Gasteiger partial charge in [-0.2, -0.15) is 4.89 Å². The van der Waals surface area contributed by atoms with Gasteiger partial charge in [-0.25, -0.2) is 4.79 Å². The minimum Gasteiger partial charge on any atom is -0.494 e. The van der Waals surface area contributed by atoms with Crippen LogP contribution in [-0.2, 0) is 9.78 Å². The van der Waals surface area contributed by atoms with Gasteiger partial charge in [-0.3, -0.25) is 4.89 Å². The lowest BCUT2D eigenvalue weighted by molar-refractivity contribution is -0.241. The molecule has 0 saturated heterocycles. The Morgan fingerprint density at radius 3 is 2.16 bits per heavy atom. The molecular formula is C21H33O4. The van der Waals surface area contributed by atoms with Crippen LogP contribution in [-0.4, -0.2) is 19.2 Å². The van der Waals surface area contributed by atoms with Crippen molar-refractivity contribution >= 4 is 5.97 Å². The number of carbonyl (C=O) groups is 1. The fraction of sp³-hybridized carbons (Fsp3) is 0.619. The van der Waals surface area contributed by atoms with Crippen molar-refractivity contribution in [3.05, 3.63) is 36.8 Å². The molecule has 1 radical (unpaired) electrons. The van der Waals surface area contributed by atoms with Crippen LogP contribution in [0.3, 0.4) is 0 Å². The average molecular weight is 349 g/mol. The van der Waals surface area contributed by atoms with E-state index >= 15 is 0 Å². The SMILES string of the molecule is [CH2]CCCCCCCCCOOC(=O)c1ccc(OCCCC)cc1. The molecule has 0 heterocycles. The van der Waals surface area contributed by atoms with E-state index < -0.39 is 5.97 Å². The molecular weight excluding hydrogens is 316 g/mol. The Morgan fingerprint density at radius 1 is 0.880 bits per heavy atom. The second kappa shape index (κ2) is 14.8. The second-order valence-electron chi connectivity index (χ2n) is 6.25. The summed E-state index contributed by atoms with van der Waals surface area (Å²) in [7, 11) is 0. The van der Waals surface area contributed by atoms with E-state index in [1.807, 2.05) is 0 Å². The summed E-state index contributed by atoms with van der Waals surface area (Å²) in [6, 6.07) is 6.94. The molecule has 0 aliphatic rings. The second-order valence-corrected chi connectivity index (χ2v) is 6.25. The molecule has 0 aliphatic carbocycles. The molecule has 0 spiro atoms. The summed E-state index contributed by atoms with van der Waals surface area (Å²) in [5.74, 6) is 0.300. The molecule has 0 amide bonds. The third-order valence-corrected chi connectivity index (χ3v) is 3.97. The summed E-state index contributed by atoms with van der Waals surface area (Å²) in [4.78, 5) is 21.7. The first-order chi connectivity index (χ1) is 12.3. The maximum atomic E-state index is 11.9. The predicted molar refractivity (Wildman–Crippen MR) is 101 cm³/mol. The van der Waals surface area contributed by atoms with Crippen LogP contribution in [0.25, 0.3) is 0 Å². The van der Waals surface area contributed by atoms with Crippen LogP contribution >= 0.6 is 0 Å². The Hall–Kier alpha value is -1.55. The lowest BCUT2D eigenvalue weighted by Crippen LogP contribution is -2.07. The number of carbonyl (C=O) groups excluding carboxylic acids is 1. The molecule has 0 N–H and O–H groups in total. The summed E-state index contributed by atoms with van der Waals surface area (Å²) in [6.07, 6.45) is 11.4. The van der Waals surface area contributed by atoms with Crippen molar-refractivity contribution in [3.8, 4) is 5.75 Å². The minimum absolute atomic E-state index is 0.447. The molecule has 0 unspecified atom stereocenters. The van der Waals surface area contributed by atoms with Crippen LogP contribution in [0.2, 0.25) is 0 Å². The van der Waals surface area contributed by atoms with Gasteiger partial charge < -0.3 is 4.74 Å². The molecule has 1 aromatic carbocycles. The molecule has 0 aliphatic heterocycles. The standard InChI is InChI=1S/C21H33O4/c1-3-5-7-8-9-10-11-12-18-24-25-21(22)19-13-15-20(16-14-19)23-17-6-4-2/h13-16H,1,3-12,17-18H2,2H3. The van der Waals surface area contributed by atoms with E-state index in [9.17, 15) is 4.79 Å². The van der Waals surface area contributed by atoms with Gasteiger partial charge in [0.2, 0.25) is 0 Å². The summed E-state index contributed by atoms with van der Waals surface area (Å²) in [5.41, 5.74) is 0.466. The van der Waals surface area contributed by atoms with Crippen LogP contribution in [0.5, 0.6) is 5.75 Å². The van der Waals surface area contributed by atoms with Gasteiger partial charge in [0.1, 0.15) is 5.75 Å². The predicted octanol–water partition coefficient (Wildman–Crippen LogP) is 5.91. The van der Waals surface area contributed by atoms with Gasteiger partial charge in [-0.05, 0) is 37.1 Å². The Labute approximate surface area is 152 Å². The van der Waals surface area contributed by atoms with Gasteiger partial charge in [0.25, 0.3) is 0 Å². The molecule has 0 saturated carbocycles. The van der Waals surface area contributed by atoms with Gasteiger partial charge in [-0.1, -0.05) is 65.2 Å². The number of benzene rings is 1. The summed E-state index contributed by atoms with van der Waals surface area (Å²) in [6.45, 7) is 7.10. The van der Waals surface area contributed by atoms with E-state index in [1.54, 1.807) is 24.3 Å². The summed E-state index contributed by atoms with van der Waals surface area (Å²) < 4.78 is 5.56. The summed E-state index contributed by atoms with van der Waals surface area (Å²) in [5, 5.41) is 0. The van der Waals surface area contributed by atoms with E-state index in [4.69, 9.17) is 14.5 Å². The van der Waals surface area contributed by atoms with E-state index in [1.165, 1.54) is 32.1 Å². The van der Waals surface area contributed by atoms with E-state index in [2.05, 4.69) is 13.8 Å². The zero-order valence-corrected chi connectivity index (χ0v) is 15.6. The normalized spacial score (nSPS) is 10.6. The van der Waals surface area contributed by atoms with Crippen LogP contribution in [0, 0.1) is 6.92 Å². The molecule has 1 aromatic rings. The zero-order valence-electron chi connectivity index (χ0n) is 15.6. The number of hydrogen-bond acceptors (Lipinski definition) is 4. The Balaban J connectivity index is 2.06. The smallest absolute Gasteiger partial charge is 0.373 e. The lowest BCUT2D eigenvalue weighted by Gasteiger charge is -2.06. The van der Waals surface area contributed by atoms with E-state index in [-0.39, 0.29) is 0 Å². The lowest BCUT2D eigenvalue weighted by atomic mass is 10.1. The molecule has 25 heavy (non-hydrogen) atoms. The number of ether oxygens (including phenoxy) is 1. The number of rotatable bonds is 15. The molecule has 141 valence electrons. The quantitative estimate of drug-likeness (QED) is 0.224. The van der Waals surface area contributed by atoms with Gasteiger partial charge in [0.15, 0.2) is 0 Å². The Kier molecular flexibility index (Phi) is 12.7. The number of unbranched alkanes of at least 4 members (excludes halogenated alkanes) is 8. The van der Waals surface area contributed by atoms with E-state index in [0.717, 1.165) is 37.9 Å². The Morgan fingerprint density at radius 2 is 1.52 bits per heavy atom. The van der Waals surface area contributed by atoms with Crippen molar-refractivity contribution in [2.75, 3.05) is 13.2 Å². The van der Waals surface area contributed by atoms with Gasteiger partial charge in [-0.15, -0.1) is 0 Å². The highest BCUT2D eigenvalue weighted by atomic mass is 17.2. The third-order valence-electron chi connectivity index (χ3n) is 3.97. The van der Waals surface area contributed by atoms with Gasteiger partial charge in [0.05, 0.1) is 18.8 Å². The molecule has 1 rings (SSSR count). The first kappa shape index (κ1) is 21.5. The topological polar surface area (TPSA) is 44.8 Å². The summed E-state index contributed by atoms with van der Waals surface area (Å²) >= 11 is 0. The zero-order chi connectivity index (χ0) is 18.2. The minimum atomic E-state index is -0.465. The van der Waals surface area contributed by atoms with Gasteiger partial charge >= 0.3 is 5.97 Å². The maximum absolute atomic E-state index is 11.9. The molecule has 0 bridgehead atoms. The third kappa shape index (κ3) is 10.8. The van der Waals surface area contributed by atoms with E-state index in [0.29, 0.717) is 18.8 Å². The molecule has 0 atom stereocenters.